The highest BCUT2D eigenvalue weighted by atomic mass is 16.5. The zero-order chi connectivity index (χ0) is 27.6. The number of nitrogens with one attached hydrogen (secondary N) is 3. The Kier molecular flexibility index (Phi) is 14.5. The van der Waals surface area contributed by atoms with Gasteiger partial charge in [-0.25, -0.2) is 0 Å². The highest BCUT2D eigenvalue weighted by Crippen LogP contribution is 2.28. The fraction of sp³-hybridized carbons (Fsp3) is 0.517. The molecule has 0 radical (unpaired) electrons. The Morgan fingerprint density at radius 1 is 0.579 bits per heavy atom. The van der Waals surface area contributed by atoms with Crippen molar-refractivity contribution in [3.05, 3.63) is 47.5 Å². The minimum Gasteiger partial charge on any atom is -0.493 e. The third-order valence-electron chi connectivity index (χ3n) is 6.13. The van der Waals surface area contributed by atoms with Crippen LogP contribution in [0, 0.1) is 0 Å². The summed E-state index contributed by atoms with van der Waals surface area (Å²) in [6.07, 6.45) is 4.94. The first kappa shape index (κ1) is 30.8. The molecule has 0 fully saturated rings. The highest BCUT2D eigenvalue weighted by molar-refractivity contribution is 5.76. The van der Waals surface area contributed by atoms with Gasteiger partial charge in [-0.3, -0.25) is 9.59 Å². The molecular formula is C29H43N3O6. The largest absolute Gasteiger partial charge is 0.493 e. The van der Waals surface area contributed by atoms with Gasteiger partial charge in [-0.2, -0.15) is 0 Å². The second kappa shape index (κ2) is 17.9. The van der Waals surface area contributed by atoms with Crippen LogP contribution in [0.5, 0.6) is 23.0 Å². The number of hydrogen-bond donors (Lipinski definition) is 3. The van der Waals surface area contributed by atoms with Crippen molar-refractivity contribution in [1.29, 1.82) is 0 Å². The summed E-state index contributed by atoms with van der Waals surface area (Å²) in [4.78, 5) is 24.2. The molecule has 0 bridgehead atoms. The van der Waals surface area contributed by atoms with Gasteiger partial charge in [0.15, 0.2) is 23.0 Å². The first-order chi connectivity index (χ1) is 18.5. The van der Waals surface area contributed by atoms with Gasteiger partial charge in [0.1, 0.15) is 0 Å². The second-order valence-corrected chi connectivity index (χ2v) is 8.89. The van der Waals surface area contributed by atoms with E-state index in [0.29, 0.717) is 61.8 Å². The van der Waals surface area contributed by atoms with E-state index in [1.807, 2.05) is 36.4 Å². The first-order valence-electron chi connectivity index (χ1n) is 13.2. The van der Waals surface area contributed by atoms with Crippen molar-refractivity contribution >= 4 is 11.8 Å². The van der Waals surface area contributed by atoms with Gasteiger partial charge >= 0.3 is 0 Å². The molecule has 0 heterocycles. The van der Waals surface area contributed by atoms with Crippen LogP contribution in [0.15, 0.2) is 36.4 Å². The lowest BCUT2D eigenvalue weighted by Crippen LogP contribution is -2.28. The van der Waals surface area contributed by atoms with Gasteiger partial charge in [-0.1, -0.05) is 12.1 Å². The van der Waals surface area contributed by atoms with Gasteiger partial charge in [0, 0.05) is 25.9 Å². The Balaban J connectivity index is 1.44. The summed E-state index contributed by atoms with van der Waals surface area (Å²) in [6, 6.07) is 11.4. The fourth-order valence-corrected chi connectivity index (χ4v) is 3.93. The lowest BCUT2D eigenvalue weighted by molar-refractivity contribution is -0.121. The summed E-state index contributed by atoms with van der Waals surface area (Å²) in [5.41, 5.74) is 2.07. The highest BCUT2D eigenvalue weighted by Gasteiger charge is 2.08. The minimum atomic E-state index is 0.0432. The lowest BCUT2D eigenvalue weighted by Gasteiger charge is -2.10. The molecule has 0 saturated carbocycles. The quantitative estimate of drug-likeness (QED) is 0.240. The fourth-order valence-electron chi connectivity index (χ4n) is 3.93. The number of ether oxygens (including phenoxy) is 4. The molecule has 9 nitrogen and oxygen atoms in total. The van der Waals surface area contributed by atoms with Crippen molar-refractivity contribution in [2.45, 2.75) is 44.9 Å². The molecule has 0 atom stereocenters. The molecular weight excluding hydrogens is 486 g/mol. The predicted molar refractivity (Wildman–Crippen MR) is 148 cm³/mol. The molecule has 0 aliphatic heterocycles. The number of methoxy groups -OCH3 is 4. The van der Waals surface area contributed by atoms with Crippen molar-refractivity contribution < 1.29 is 28.5 Å². The van der Waals surface area contributed by atoms with Crippen LogP contribution in [0.1, 0.15) is 43.2 Å². The summed E-state index contributed by atoms with van der Waals surface area (Å²) in [5.74, 6) is 2.80. The molecule has 2 aromatic carbocycles. The number of amides is 2. The van der Waals surface area contributed by atoms with Crippen LogP contribution < -0.4 is 34.9 Å². The smallest absolute Gasteiger partial charge is 0.220 e. The van der Waals surface area contributed by atoms with Gasteiger partial charge in [0.25, 0.3) is 0 Å². The van der Waals surface area contributed by atoms with E-state index in [-0.39, 0.29) is 11.8 Å². The summed E-state index contributed by atoms with van der Waals surface area (Å²) in [5, 5.41) is 9.33. The average molecular weight is 530 g/mol. The van der Waals surface area contributed by atoms with Crippen molar-refractivity contribution in [2.75, 3.05) is 54.6 Å². The van der Waals surface area contributed by atoms with E-state index in [2.05, 4.69) is 16.0 Å². The molecule has 2 rings (SSSR count). The van der Waals surface area contributed by atoms with Crippen LogP contribution in [0.3, 0.4) is 0 Å². The van der Waals surface area contributed by atoms with Crippen LogP contribution in [-0.2, 0) is 22.4 Å². The van der Waals surface area contributed by atoms with Gasteiger partial charge in [0.2, 0.25) is 11.8 Å². The van der Waals surface area contributed by atoms with E-state index in [9.17, 15) is 9.59 Å². The van der Waals surface area contributed by atoms with Gasteiger partial charge in [-0.15, -0.1) is 0 Å². The molecule has 0 aliphatic rings. The van der Waals surface area contributed by atoms with E-state index in [1.165, 1.54) is 0 Å². The number of hydrogen-bond acceptors (Lipinski definition) is 7. The summed E-state index contributed by atoms with van der Waals surface area (Å²) in [7, 11) is 6.41. The Hall–Kier alpha value is -3.46. The molecule has 38 heavy (non-hydrogen) atoms. The predicted octanol–water partition coefficient (Wildman–Crippen LogP) is 3.28. The SMILES string of the molecule is COc1ccc(CCC(=O)NCCCCNCCCNC(=O)CCc2ccc(OC)c(OC)c2)cc1OC. The van der Waals surface area contributed by atoms with Gasteiger partial charge in [0.05, 0.1) is 28.4 Å². The van der Waals surface area contributed by atoms with Crippen molar-refractivity contribution in [3.8, 4) is 23.0 Å². The van der Waals surface area contributed by atoms with Crippen molar-refractivity contribution in [3.63, 3.8) is 0 Å². The molecule has 0 saturated heterocycles. The molecule has 9 heteroatoms. The molecule has 2 aromatic rings. The van der Waals surface area contributed by atoms with Crippen LogP contribution in [0.2, 0.25) is 0 Å². The Bertz CT molecular complexity index is 919. The van der Waals surface area contributed by atoms with Crippen LogP contribution in [0.4, 0.5) is 0 Å². The average Bonchev–Trinajstić information content (AvgIpc) is 2.95. The van der Waals surface area contributed by atoms with Crippen molar-refractivity contribution in [2.24, 2.45) is 0 Å². The van der Waals surface area contributed by atoms with E-state index in [1.54, 1.807) is 28.4 Å². The number of aryl methyl sites for hydroxylation is 2. The number of benzene rings is 2. The maximum Gasteiger partial charge on any atom is 0.220 e. The maximum absolute atomic E-state index is 12.1. The molecule has 0 unspecified atom stereocenters. The number of rotatable bonds is 19. The van der Waals surface area contributed by atoms with Crippen molar-refractivity contribution in [1.82, 2.24) is 16.0 Å². The summed E-state index contributed by atoms with van der Waals surface area (Å²) >= 11 is 0. The summed E-state index contributed by atoms with van der Waals surface area (Å²) < 4.78 is 21.1. The molecule has 0 spiro atoms. The van der Waals surface area contributed by atoms with Gasteiger partial charge in [-0.05, 0) is 80.6 Å². The molecule has 0 aromatic heterocycles. The maximum atomic E-state index is 12.1. The van der Waals surface area contributed by atoms with Crippen LogP contribution in [-0.4, -0.2) is 66.4 Å². The van der Waals surface area contributed by atoms with E-state index in [0.717, 1.165) is 43.5 Å². The van der Waals surface area contributed by atoms with Crippen LogP contribution >= 0.6 is 0 Å². The topological polar surface area (TPSA) is 107 Å². The normalized spacial score (nSPS) is 10.5. The molecule has 210 valence electrons. The zero-order valence-electron chi connectivity index (χ0n) is 23.2. The Morgan fingerprint density at radius 3 is 1.47 bits per heavy atom. The molecule has 2 amide bonds. The zero-order valence-corrected chi connectivity index (χ0v) is 23.2. The van der Waals surface area contributed by atoms with Crippen LogP contribution in [0.25, 0.3) is 0 Å². The second-order valence-electron chi connectivity index (χ2n) is 8.89. The summed E-state index contributed by atoms with van der Waals surface area (Å²) in [6.45, 7) is 3.04. The Labute approximate surface area is 226 Å². The third kappa shape index (κ3) is 11.3. The first-order valence-corrected chi connectivity index (χ1v) is 13.2. The number of carbonyl (C=O) groups is 2. The van der Waals surface area contributed by atoms with Gasteiger partial charge < -0.3 is 34.9 Å². The monoisotopic (exact) mass is 529 g/mol. The van der Waals surface area contributed by atoms with E-state index >= 15 is 0 Å². The minimum absolute atomic E-state index is 0.0432. The molecule has 3 N–H and O–H groups in total. The number of carbonyl (C=O) groups excluding carboxylic acids is 2. The molecule has 0 aliphatic carbocycles. The lowest BCUT2D eigenvalue weighted by atomic mass is 10.1. The standard InChI is InChI=1S/C29H43N3O6/c1-35-24-12-8-22(20-26(24)37-3)10-14-28(33)31-18-6-5-16-30-17-7-19-32-29(34)15-11-23-9-13-25(36-2)27(21-23)38-4/h8-9,12-13,20-21,30H,5-7,10-11,14-19H2,1-4H3,(H,31,33)(H,32,34). The van der Waals surface area contributed by atoms with E-state index in [4.69, 9.17) is 18.9 Å². The Morgan fingerprint density at radius 2 is 1.00 bits per heavy atom. The number of unbranched alkanes of at least 4 members (excludes halogenated alkanes) is 1. The van der Waals surface area contributed by atoms with E-state index < -0.39 is 0 Å². The third-order valence-corrected chi connectivity index (χ3v) is 6.13.